The quantitative estimate of drug-likeness (QED) is 0.685. The predicted octanol–water partition coefficient (Wildman–Crippen LogP) is 2.80. The molecule has 0 saturated carbocycles. The molecule has 1 aliphatic heterocycles. The number of para-hydroxylation sites is 1. The third-order valence-electron chi connectivity index (χ3n) is 3.29. The Morgan fingerprint density at radius 1 is 1.08 bits per heavy atom. The molecule has 0 atom stereocenters. The smallest absolute Gasteiger partial charge is 0.405 e. The Balaban J connectivity index is 2.03. The summed E-state index contributed by atoms with van der Waals surface area (Å²) in [4.78, 5) is 3.78. The molecule has 0 aliphatic carbocycles. The fraction of sp³-hybridized carbons (Fsp3) is 0.0588. The van der Waals surface area contributed by atoms with Crippen LogP contribution in [0.5, 0.6) is 5.75 Å². The van der Waals surface area contributed by atoms with Gasteiger partial charge in [0, 0.05) is 5.56 Å². The van der Waals surface area contributed by atoms with Crippen LogP contribution in [0.4, 0.5) is 17.6 Å². The first-order valence-electron chi connectivity index (χ1n) is 6.99. The summed E-state index contributed by atoms with van der Waals surface area (Å²) in [7, 11) is 0. The average Bonchev–Trinajstić information content (AvgIpc) is 2.55. The fourth-order valence-electron chi connectivity index (χ4n) is 2.24. The Labute approximate surface area is 139 Å². The van der Waals surface area contributed by atoms with Crippen LogP contribution in [0.3, 0.4) is 0 Å². The van der Waals surface area contributed by atoms with Crippen LogP contribution in [-0.2, 0) is 0 Å². The van der Waals surface area contributed by atoms with Crippen molar-refractivity contribution in [1.29, 1.82) is 0 Å². The molecule has 1 aliphatic rings. The van der Waals surface area contributed by atoms with E-state index in [2.05, 4.69) is 20.3 Å². The van der Waals surface area contributed by atoms with Crippen LogP contribution in [0, 0.1) is 5.82 Å². The Morgan fingerprint density at radius 2 is 1.84 bits per heavy atom. The van der Waals surface area contributed by atoms with Gasteiger partial charge in [-0.05, 0) is 28.4 Å². The number of ether oxygens (including phenoxy) is 1. The van der Waals surface area contributed by atoms with Gasteiger partial charge < -0.3 is 10.5 Å². The van der Waals surface area contributed by atoms with E-state index < -0.39 is 17.9 Å². The van der Waals surface area contributed by atoms with Crippen LogP contribution < -0.4 is 15.1 Å². The SMILES string of the molecule is NC1=C=[N+]=C(c2ccc(-c3ccccc3OC(F)(F)F)cc2F)C=N1. The number of rotatable bonds is 3. The molecule has 2 aromatic rings. The second kappa shape index (κ2) is 6.28. The summed E-state index contributed by atoms with van der Waals surface area (Å²) in [5.41, 5.74) is 6.06. The normalized spacial score (nSPS) is 13.4. The minimum absolute atomic E-state index is 0.0685. The van der Waals surface area contributed by atoms with Gasteiger partial charge >= 0.3 is 17.9 Å². The first-order chi connectivity index (χ1) is 11.8. The molecule has 8 heteroatoms. The molecule has 0 unspecified atom stereocenters. The summed E-state index contributed by atoms with van der Waals surface area (Å²) >= 11 is 0. The highest BCUT2D eigenvalue weighted by atomic mass is 19.4. The molecule has 3 rings (SSSR count). The van der Waals surface area contributed by atoms with Crippen molar-refractivity contribution in [2.75, 3.05) is 0 Å². The molecule has 0 bridgehead atoms. The molecule has 0 radical (unpaired) electrons. The van der Waals surface area contributed by atoms with E-state index in [4.69, 9.17) is 5.73 Å². The number of alkyl halides is 3. The van der Waals surface area contributed by atoms with Crippen molar-refractivity contribution in [3.8, 4) is 16.9 Å². The Kier molecular flexibility index (Phi) is 4.15. The molecule has 0 fully saturated rings. The van der Waals surface area contributed by atoms with Gasteiger partial charge in [-0.15, -0.1) is 13.2 Å². The van der Waals surface area contributed by atoms with Gasteiger partial charge in [0.25, 0.3) is 5.82 Å². The highest BCUT2D eigenvalue weighted by Crippen LogP contribution is 2.34. The van der Waals surface area contributed by atoms with Crippen molar-refractivity contribution >= 4 is 17.8 Å². The molecule has 126 valence electrons. The van der Waals surface area contributed by atoms with Crippen LogP contribution in [0.1, 0.15) is 5.56 Å². The molecule has 0 spiro atoms. The van der Waals surface area contributed by atoms with E-state index in [9.17, 15) is 17.6 Å². The molecule has 4 nitrogen and oxygen atoms in total. The van der Waals surface area contributed by atoms with Gasteiger partial charge in [0.1, 0.15) is 23.3 Å². The van der Waals surface area contributed by atoms with Crippen molar-refractivity contribution in [2.24, 2.45) is 10.7 Å². The highest BCUT2D eigenvalue weighted by molar-refractivity contribution is 6.38. The molecular formula is C17H10F4N3O+. The van der Waals surface area contributed by atoms with Crippen molar-refractivity contribution in [3.63, 3.8) is 0 Å². The van der Waals surface area contributed by atoms with Crippen molar-refractivity contribution in [2.45, 2.75) is 6.36 Å². The second-order valence-electron chi connectivity index (χ2n) is 4.99. The highest BCUT2D eigenvalue weighted by Gasteiger charge is 2.32. The van der Waals surface area contributed by atoms with E-state index in [1.807, 2.05) is 0 Å². The lowest BCUT2D eigenvalue weighted by molar-refractivity contribution is -0.274. The van der Waals surface area contributed by atoms with Gasteiger partial charge in [-0.25, -0.2) is 9.38 Å². The first kappa shape index (κ1) is 16.5. The fourth-order valence-corrected chi connectivity index (χ4v) is 2.24. The van der Waals surface area contributed by atoms with Crippen LogP contribution >= 0.6 is 0 Å². The van der Waals surface area contributed by atoms with Gasteiger partial charge in [-0.1, -0.05) is 24.3 Å². The summed E-state index contributed by atoms with van der Waals surface area (Å²) in [6, 6.07) is 9.46. The van der Waals surface area contributed by atoms with Crippen molar-refractivity contribution in [1.82, 2.24) is 4.67 Å². The number of benzene rings is 2. The molecular weight excluding hydrogens is 338 g/mol. The number of nitrogens with two attached hydrogens (primary N) is 1. The zero-order valence-corrected chi connectivity index (χ0v) is 12.5. The molecule has 2 N–H and O–H groups in total. The molecule has 25 heavy (non-hydrogen) atoms. The zero-order chi connectivity index (χ0) is 18.0. The maximum absolute atomic E-state index is 14.4. The minimum atomic E-state index is -4.84. The third kappa shape index (κ3) is 3.77. The lowest BCUT2D eigenvalue weighted by Gasteiger charge is -2.13. The van der Waals surface area contributed by atoms with Gasteiger partial charge in [0.15, 0.2) is 0 Å². The maximum Gasteiger partial charge on any atom is 0.573 e. The average molecular weight is 348 g/mol. The number of aliphatic imine (C=N–C) groups is 1. The third-order valence-corrected chi connectivity index (χ3v) is 3.29. The number of hydrogen-bond acceptors (Lipinski definition) is 3. The van der Waals surface area contributed by atoms with Crippen LogP contribution in [0.25, 0.3) is 11.1 Å². The molecule has 0 amide bonds. The van der Waals surface area contributed by atoms with Crippen LogP contribution in [0.2, 0.25) is 0 Å². The Bertz CT molecular complexity index is 966. The lowest BCUT2D eigenvalue weighted by Crippen LogP contribution is -2.17. The van der Waals surface area contributed by atoms with E-state index in [-0.39, 0.29) is 28.2 Å². The molecule has 0 aromatic heterocycles. The van der Waals surface area contributed by atoms with Gasteiger partial charge in [-0.2, -0.15) is 0 Å². The van der Waals surface area contributed by atoms with Crippen LogP contribution in [0.15, 0.2) is 53.3 Å². The van der Waals surface area contributed by atoms with Gasteiger partial charge in [-0.3, -0.25) is 0 Å². The zero-order valence-electron chi connectivity index (χ0n) is 12.5. The topological polar surface area (TPSA) is 61.7 Å². The van der Waals surface area contributed by atoms with Crippen LogP contribution in [-0.4, -0.2) is 24.2 Å². The van der Waals surface area contributed by atoms with E-state index in [0.717, 1.165) is 12.1 Å². The first-order valence-corrected chi connectivity index (χ1v) is 6.99. The molecule has 0 saturated heterocycles. The minimum Gasteiger partial charge on any atom is -0.405 e. The summed E-state index contributed by atoms with van der Waals surface area (Å²) in [5.74, 6) is 1.39. The largest absolute Gasteiger partial charge is 0.573 e. The monoisotopic (exact) mass is 348 g/mol. The van der Waals surface area contributed by atoms with Gasteiger partial charge in [0.2, 0.25) is 0 Å². The van der Waals surface area contributed by atoms with Gasteiger partial charge in [0.05, 0.1) is 0 Å². The Hall–Kier alpha value is -3.34. The van der Waals surface area contributed by atoms with E-state index in [1.54, 1.807) is 0 Å². The summed E-state index contributed by atoms with van der Waals surface area (Å²) in [5, 5.41) is 0. The summed E-state index contributed by atoms with van der Waals surface area (Å²) in [6.07, 6.45) is -3.56. The maximum atomic E-state index is 14.4. The predicted molar refractivity (Wildman–Crippen MR) is 86.0 cm³/mol. The van der Waals surface area contributed by atoms with E-state index >= 15 is 0 Å². The number of hydrogen-bond donors (Lipinski definition) is 1. The molecule has 1 heterocycles. The lowest BCUT2D eigenvalue weighted by atomic mass is 10.0. The van der Waals surface area contributed by atoms with Crippen molar-refractivity contribution < 1.29 is 22.3 Å². The summed E-state index contributed by atoms with van der Waals surface area (Å²) in [6.45, 7) is 0. The second-order valence-corrected chi connectivity index (χ2v) is 4.99. The summed E-state index contributed by atoms with van der Waals surface area (Å²) < 4.78 is 59.8. The number of nitrogens with zero attached hydrogens (tertiary/aromatic N) is 2. The molecule has 2 aromatic carbocycles. The Morgan fingerprint density at radius 3 is 2.48 bits per heavy atom. The standard InChI is InChI=1S/C17H10F4N3O/c18-13-7-10(5-6-12(13)14-8-24-16(22)9-23-14)11-3-1-2-4-15(11)25-17(19,20)21/h1-8H,(H2,22,24)/q+1. The van der Waals surface area contributed by atoms with Crippen molar-refractivity contribution in [3.05, 3.63) is 59.7 Å². The number of halogens is 4. The van der Waals surface area contributed by atoms with E-state index in [0.29, 0.717) is 0 Å². The van der Waals surface area contributed by atoms with E-state index in [1.165, 1.54) is 36.5 Å².